The van der Waals surface area contributed by atoms with E-state index in [-0.39, 0.29) is 31.3 Å². The van der Waals surface area contributed by atoms with Crippen molar-refractivity contribution in [2.75, 3.05) is 33.0 Å². The van der Waals surface area contributed by atoms with Crippen LogP contribution in [-0.2, 0) is 61.8 Å². The van der Waals surface area contributed by atoms with E-state index in [0.29, 0.717) is 37.7 Å². The largest absolute Gasteiger partial charge is 0.479 e. The van der Waals surface area contributed by atoms with Crippen molar-refractivity contribution in [1.29, 1.82) is 0 Å². The van der Waals surface area contributed by atoms with Crippen molar-refractivity contribution >= 4 is 17.9 Å². The predicted octanol–water partition coefficient (Wildman–Crippen LogP) is -2.22. The number of allylic oxidation sites excluding steroid dienone is 3. The Hall–Kier alpha value is -2.95. The maximum Gasteiger partial charge on any atom is 0.335 e. The lowest BCUT2D eigenvalue weighted by Crippen LogP contribution is -2.72. The van der Waals surface area contributed by atoms with Crippen molar-refractivity contribution in [2.45, 2.75) is 242 Å². The lowest BCUT2D eigenvalue weighted by Gasteiger charge is -2.72. The van der Waals surface area contributed by atoms with Crippen LogP contribution < -0.4 is 0 Å². The van der Waals surface area contributed by atoms with E-state index in [1.165, 1.54) is 6.92 Å². The summed E-state index contributed by atoms with van der Waals surface area (Å²) in [7, 11) is 0. The molecule has 30 unspecified atom stereocenters. The van der Waals surface area contributed by atoms with Gasteiger partial charge in [0.2, 0.25) is 0 Å². The fourth-order valence-electron chi connectivity index (χ4n) is 17.0. The number of fused-ring (bicyclic) bond motifs is 7. The zero-order chi connectivity index (χ0) is 63.3. The molecule has 8 fully saturated rings. The molecule has 5 aliphatic carbocycles. The topological polar surface area (TPSA) is 427 Å². The number of esters is 2. The Labute approximate surface area is 498 Å². The van der Waals surface area contributed by atoms with Crippen LogP contribution in [-0.4, -0.2) is 257 Å². The van der Waals surface area contributed by atoms with E-state index in [4.69, 9.17) is 47.4 Å². The number of rotatable bonds is 15. The third-order valence-electron chi connectivity index (χ3n) is 22.4. The van der Waals surface area contributed by atoms with Gasteiger partial charge in [0.05, 0.1) is 44.1 Å². The SMILES string of the molecule is CC=C(C)C(=O)OC1C(O)C2(COC(C)=O)C(O)CC3(C)C(=CCC4C5(C)CCC(OC6OC(C(=O)O)C(O)C(OC7OCC(O)C(O)C7OC7OCC(O)C(O)C7O)C6OC6OC(CO)C(O)C(O)C6O)C(C)(CO)C5CCC43C)C2CC1(C)C. The van der Waals surface area contributed by atoms with E-state index >= 15 is 0 Å². The highest BCUT2D eigenvalue weighted by molar-refractivity contribution is 5.87. The molecule has 86 heavy (non-hydrogen) atoms. The highest BCUT2D eigenvalue weighted by Gasteiger charge is 2.74. The van der Waals surface area contributed by atoms with Gasteiger partial charge < -0.3 is 119 Å². The van der Waals surface area contributed by atoms with Crippen molar-refractivity contribution in [3.63, 3.8) is 0 Å². The molecule has 4 heterocycles. The first kappa shape index (κ1) is 67.4. The molecule has 0 aromatic carbocycles. The summed E-state index contributed by atoms with van der Waals surface area (Å²) < 4.78 is 60.2. The number of carboxylic acids is 1. The molecule has 4 saturated carbocycles. The van der Waals surface area contributed by atoms with Crippen molar-refractivity contribution in [3.05, 3.63) is 23.3 Å². The van der Waals surface area contributed by atoms with Crippen LogP contribution in [0.25, 0.3) is 0 Å². The quantitative estimate of drug-likeness (QED) is 0.0357. The number of aliphatic hydroxyl groups excluding tert-OH is 13. The van der Waals surface area contributed by atoms with Gasteiger partial charge in [-0.15, -0.1) is 0 Å². The molecule has 27 heteroatoms. The van der Waals surface area contributed by atoms with Gasteiger partial charge in [-0.3, -0.25) is 4.79 Å². The normalized spacial score (nSPS) is 51.2. The van der Waals surface area contributed by atoms with Crippen LogP contribution in [0.5, 0.6) is 0 Å². The van der Waals surface area contributed by atoms with Crippen molar-refractivity contribution < 1.29 is 133 Å². The minimum atomic E-state index is -2.26. The van der Waals surface area contributed by atoms with Gasteiger partial charge >= 0.3 is 17.9 Å². The lowest BCUT2D eigenvalue weighted by atomic mass is 9.33. The molecule has 0 amide bonds. The molecule has 9 aliphatic rings. The maximum atomic E-state index is 13.4. The average molecular weight is 1230 g/mol. The van der Waals surface area contributed by atoms with E-state index in [0.717, 1.165) is 5.57 Å². The molecule has 0 bridgehead atoms. The van der Waals surface area contributed by atoms with E-state index in [1.54, 1.807) is 19.9 Å². The number of ether oxygens (including phenoxy) is 10. The molecule has 14 N–H and O–H groups in total. The summed E-state index contributed by atoms with van der Waals surface area (Å²) in [5.41, 5.74) is -4.00. The second-order valence-electron chi connectivity index (χ2n) is 27.5. The molecule has 9 rings (SSSR count). The first-order chi connectivity index (χ1) is 40.2. The minimum Gasteiger partial charge on any atom is -0.479 e. The fourth-order valence-corrected chi connectivity index (χ4v) is 17.0. The van der Waals surface area contributed by atoms with Crippen molar-refractivity contribution in [1.82, 2.24) is 0 Å². The molecular weight excluding hydrogens is 1140 g/mol. The Morgan fingerprint density at radius 3 is 1.93 bits per heavy atom. The summed E-state index contributed by atoms with van der Waals surface area (Å²) in [6.07, 6.45) is -32.7. The number of aliphatic hydroxyl groups is 13. The average Bonchev–Trinajstić information content (AvgIpc) is 0.771. The van der Waals surface area contributed by atoms with Crippen molar-refractivity contribution in [2.24, 2.45) is 50.2 Å². The van der Waals surface area contributed by atoms with Gasteiger partial charge in [-0.2, -0.15) is 0 Å². The summed E-state index contributed by atoms with van der Waals surface area (Å²) >= 11 is 0. The Morgan fingerprint density at radius 2 is 1.30 bits per heavy atom. The van der Waals surface area contributed by atoms with Gasteiger partial charge in [-0.05, 0) is 92.8 Å². The fraction of sp³-hybridized carbons (Fsp3) is 0.881. The van der Waals surface area contributed by atoms with Gasteiger partial charge in [0.25, 0.3) is 0 Å². The third-order valence-corrected chi connectivity index (χ3v) is 22.4. The van der Waals surface area contributed by atoms with Gasteiger partial charge in [-0.25, -0.2) is 9.59 Å². The molecule has 490 valence electrons. The van der Waals surface area contributed by atoms with E-state index in [2.05, 4.69) is 26.8 Å². The smallest absolute Gasteiger partial charge is 0.335 e. The number of carbonyl (C=O) groups excluding carboxylic acids is 2. The Kier molecular flexibility index (Phi) is 19.5. The summed E-state index contributed by atoms with van der Waals surface area (Å²) in [4.78, 5) is 39.1. The van der Waals surface area contributed by atoms with E-state index in [1.807, 2.05) is 20.8 Å². The molecule has 0 aromatic heterocycles. The van der Waals surface area contributed by atoms with Crippen LogP contribution in [0, 0.1) is 50.2 Å². The Morgan fingerprint density at radius 1 is 0.674 bits per heavy atom. The monoisotopic (exact) mass is 1230 g/mol. The molecule has 0 radical (unpaired) electrons. The maximum absolute atomic E-state index is 13.4. The van der Waals surface area contributed by atoms with Crippen LogP contribution in [0.1, 0.15) is 107 Å². The Bertz CT molecular complexity index is 2510. The number of aliphatic carboxylic acids is 1. The highest BCUT2D eigenvalue weighted by atomic mass is 16.8. The lowest BCUT2D eigenvalue weighted by molar-refractivity contribution is -0.400. The van der Waals surface area contributed by atoms with Crippen LogP contribution in [0.2, 0.25) is 0 Å². The van der Waals surface area contributed by atoms with E-state index < -0.39 is 218 Å². The molecule has 4 aliphatic heterocycles. The van der Waals surface area contributed by atoms with Gasteiger partial charge in [0.15, 0.2) is 31.3 Å². The molecule has 30 atom stereocenters. The number of carbonyl (C=O) groups is 3. The van der Waals surface area contributed by atoms with Gasteiger partial charge in [0.1, 0.15) is 98.2 Å². The van der Waals surface area contributed by atoms with Crippen LogP contribution in [0.4, 0.5) is 0 Å². The number of carboxylic acid groups (broad SMARTS) is 1. The molecule has 0 aromatic rings. The summed E-state index contributed by atoms with van der Waals surface area (Å²) in [6, 6.07) is 0. The second kappa shape index (κ2) is 24.9. The first-order valence-corrected chi connectivity index (χ1v) is 30.0. The zero-order valence-corrected chi connectivity index (χ0v) is 50.1. The molecule has 27 nitrogen and oxygen atoms in total. The van der Waals surface area contributed by atoms with Gasteiger partial charge in [-0.1, -0.05) is 59.3 Å². The van der Waals surface area contributed by atoms with Crippen LogP contribution >= 0.6 is 0 Å². The van der Waals surface area contributed by atoms with Crippen LogP contribution in [0.3, 0.4) is 0 Å². The summed E-state index contributed by atoms with van der Waals surface area (Å²) in [6.45, 7) is 13.9. The predicted molar refractivity (Wildman–Crippen MR) is 290 cm³/mol. The molecular formula is C59H92O27. The third kappa shape index (κ3) is 11.1. The molecule has 4 saturated heterocycles. The minimum absolute atomic E-state index is 0.118. The molecule has 0 spiro atoms. The number of hydrogen-bond donors (Lipinski definition) is 14. The Balaban J connectivity index is 1.05. The van der Waals surface area contributed by atoms with Crippen molar-refractivity contribution in [3.8, 4) is 0 Å². The van der Waals surface area contributed by atoms with Gasteiger partial charge in [0, 0.05) is 23.3 Å². The summed E-state index contributed by atoms with van der Waals surface area (Å²) in [5.74, 6) is -3.96. The standard InChI is InChI=1S/C59H92O27/c1-10-24(2)49(76)86-47-46(73)59(23-79-25(3)62)27(17-54(47,4)5)26-11-12-32-55(6)15-14-34(56(7,22-61)31(55)13-16-57(32,8)58(26,9)18-33(59)65)81-53-45(85-51-40(71)38(69)37(68)30(19-60)80-51)42(41(72)43(83-53)48(74)75)82-52-44(36(67)29(64)21-78-52)84-50-39(70)35(66)28(63)20-77-50/h10-11,27-47,50-53,60-61,63-73H,12-23H2,1-9H3,(H,74,75). The number of hydrogen-bond acceptors (Lipinski definition) is 26. The van der Waals surface area contributed by atoms with Crippen LogP contribution in [0.15, 0.2) is 23.3 Å². The second-order valence-corrected chi connectivity index (χ2v) is 27.5. The summed E-state index contributed by atoms with van der Waals surface area (Å²) in [5, 5.41) is 157. The first-order valence-electron chi connectivity index (χ1n) is 30.0. The zero-order valence-electron chi connectivity index (χ0n) is 50.1. The van der Waals surface area contributed by atoms with E-state index in [9.17, 15) is 85.9 Å². The highest BCUT2D eigenvalue weighted by Crippen LogP contribution is 2.76.